The largest absolute Gasteiger partial charge is 0.342 e. The van der Waals surface area contributed by atoms with Gasteiger partial charge in [-0.15, -0.1) is 0 Å². The molecule has 0 aliphatic rings. The lowest BCUT2D eigenvalue weighted by atomic mass is 10.1. The third-order valence-electron chi connectivity index (χ3n) is 4.56. The number of aryl methyl sites for hydroxylation is 1. The second-order valence-corrected chi connectivity index (χ2v) is 6.46. The molecule has 0 saturated carbocycles. The SMILES string of the molecule is CC.CC.CCC(=O)CCCCCCc1ncc(-c2ccc3ncccc3c2)[nH]1. The summed E-state index contributed by atoms with van der Waals surface area (Å²) in [6, 6.07) is 10.3. The fourth-order valence-corrected chi connectivity index (χ4v) is 3.02. The van der Waals surface area contributed by atoms with Crippen molar-refractivity contribution in [2.75, 3.05) is 0 Å². The van der Waals surface area contributed by atoms with Crippen LogP contribution in [0.5, 0.6) is 0 Å². The van der Waals surface area contributed by atoms with Crippen LogP contribution >= 0.6 is 0 Å². The van der Waals surface area contributed by atoms with Crippen molar-refractivity contribution in [3.63, 3.8) is 0 Å². The number of H-pyrrole nitrogens is 1. The molecule has 0 radical (unpaired) electrons. The zero-order valence-electron chi connectivity index (χ0n) is 18.8. The number of carbonyl (C=O) groups is 1. The summed E-state index contributed by atoms with van der Waals surface area (Å²) in [7, 11) is 0. The summed E-state index contributed by atoms with van der Waals surface area (Å²) in [5.74, 6) is 1.41. The minimum atomic E-state index is 0.376. The molecule has 0 spiro atoms. The molecule has 158 valence electrons. The summed E-state index contributed by atoms with van der Waals surface area (Å²) in [6.07, 6.45) is 10.5. The second kappa shape index (κ2) is 14.5. The number of ketones is 1. The molecule has 0 unspecified atom stereocenters. The first-order valence-electron chi connectivity index (χ1n) is 11.2. The Morgan fingerprint density at radius 3 is 2.48 bits per heavy atom. The molecular formula is C25H37N3O. The van der Waals surface area contributed by atoms with Gasteiger partial charge in [0.25, 0.3) is 0 Å². The quantitative estimate of drug-likeness (QED) is 0.391. The smallest absolute Gasteiger partial charge is 0.132 e. The van der Waals surface area contributed by atoms with E-state index in [1.807, 2.05) is 59.1 Å². The van der Waals surface area contributed by atoms with Crippen molar-refractivity contribution >= 4 is 16.7 Å². The summed E-state index contributed by atoms with van der Waals surface area (Å²) < 4.78 is 0. The van der Waals surface area contributed by atoms with Crippen molar-refractivity contribution < 1.29 is 4.79 Å². The Labute approximate surface area is 176 Å². The molecule has 2 aromatic heterocycles. The number of hydrogen-bond acceptors (Lipinski definition) is 3. The van der Waals surface area contributed by atoms with Crippen LogP contribution in [0.2, 0.25) is 0 Å². The van der Waals surface area contributed by atoms with Crippen molar-refractivity contribution in [1.82, 2.24) is 15.0 Å². The fraction of sp³-hybridized carbons (Fsp3) is 0.480. The van der Waals surface area contributed by atoms with Crippen molar-refractivity contribution in [2.24, 2.45) is 0 Å². The van der Waals surface area contributed by atoms with E-state index in [1.165, 1.54) is 0 Å². The number of Topliss-reactive ketones (excluding diaryl/α,β-unsaturated/α-hetero) is 1. The monoisotopic (exact) mass is 395 g/mol. The Kier molecular flexibility index (Phi) is 12.3. The lowest BCUT2D eigenvalue weighted by molar-refractivity contribution is -0.118. The average Bonchev–Trinajstić information content (AvgIpc) is 3.27. The van der Waals surface area contributed by atoms with Gasteiger partial charge in [0.05, 0.1) is 17.4 Å². The van der Waals surface area contributed by atoms with Gasteiger partial charge in [-0.2, -0.15) is 0 Å². The van der Waals surface area contributed by atoms with Crippen LogP contribution in [-0.2, 0) is 11.2 Å². The molecule has 1 aromatic carbocycles. The van der Waals surface area contributed by atoms with Gasteiger partial charge in [0.2, 0.25) is 0 Å². The van der Waals surface area contributed by atoms with E-state index in [1.54, 1.807) is 0 Å². The third-order valence-corrected chi connectivity index (χ3v) is 4.56. The highest BCUT2D eigenvalue weighted by atomic mass is 16.1. The molecular weight excluding hydrogens is 358 g/mol. The van der Waals surface area contributed by atoms with E-state index in [9.17, 15) is 4.79 Å². The standard InChI is InChI=1S/C21H25N3O.2C2H6/c1-2-18(25)9-5-3-4-6-10-21-23-15-20(24-21)17-11-12-19-16(14-17)8-7-13-22-19;2*1-2/h7-8,11-15H,2-6,9-10H2,1H3,(H,23,24);2*1-2H3. The molecule has 3 rings (SSSR count). The average molecular weight is 396 g/mol. The number of unbranched alkanes of at least 4 members (excludes halogenated alkanes) is 3. The molecule has 0 atom stereocenters. The first-order valence-corrected chi connectivity index (χ1v) is 11.2. The second-order valence-electron chi connectivity index (χ2n) is 6.46. The van der Waals surface area contributed by atoms with E-state index < -0.39 is 0 Å². The number of benzene rings is 1. The van der Waals surface area contributed by atoms with E-state index in [-0.39, 0.29) is 0 Å². The molecule has 2 heterocycles. The Balaban J connectivity index is 0.000000989. The molecule has 29 heavy (non-hydrogen) atoms. The van der Waals surface area contributed by atoms with Crippen LogP contribution in [0.3, 0.4) is 0 Å². The van der Waals surface area contributed by atoms with Gasteiger partial charge in [0.1, 0.15) is 11.6 Å². The first kappa shape index (κ1) is 24.5. The molecule has 1 N–H and O–H groups in total. The summed E-state index contributed by atoms with van der Waals surface area (Å²) >= 11 is 0. The van der Waals surface area contributed by atoms with Gasteiger partial charge in [-0.25, -0.2) is 4.98 Å². The number of hydrogen-bond donors (Lipinski definition) is 1. The summed E-state index contributed by atoms with van der Waals surface area (Å²) in [6.45, 7) is 9.93. The van der Waals surface area contributed by atoms with Crippen LogP contribution in [0.1, 0.15) is 79.0 Å². The zero-order chi connectivity index (χ0) is 21.5. The lowest BCUT2D eigenvalue weighted by Gasteiger charge is -2.01. The molecule has 0 saturated heterocycles. The highest BCUT2D eigenvalue weighted by molar-refractivity contribution is 5.83. The highest BCUT2D eigenvalue weighted by Crippen LogP contribution is 2.22. The fourth-order valence-electron chi connectivity index (χ4n) is 3.02. The minimum absolute atomic E-state index is 0.376. The van der Waals surface area contributed by atoms with Crippen molar-refractivity contribution in [1.29, 1.82) is 0 Å². The summed E-state index contributed by atoms with van der Waals surface area (Å²) in [5.41, 5.74) is 3.19. The van der Waals surface area contributed by atoms with Gasteiger partial charge in [-0.1, -0.05) is 59.6 Å². The van der Waals surface area contributed by atoms with Gasteiger partial charge in [0.15, 0.2) is 0 Å². The Bertz CT molecular complexity index is 839. The van der Waals surface area contributed by atoms with E-state index in [4.69, 9.17) is 0 Å². The Hall–Kier alpha value is -2.49. The molecule has 0 fully saturated rings. The minimum Gasteiger partial charge on any atom is -0.342 e. The van der Waals surface area contributed by atoms with Crippen LogP contribution in [0, 0.1) is 0 Å². The number of carbonyl (C=O) groups excluding carboxylic acids is 1. The van der Waals surface area contributed by atoms with Crippen LogP contribution < -0.4 is 0 Å². The van der Waals surface area contributed by atoms with Gasteiger partial charge >= 0.3 is 0 Å². The normalized spacial score (nSPS) is 9.97. The molecule has 3 aromatic rings. The third kappa shape index (κ3) is 8.18. The van der Waals surface area contributed by atoms with Crippen LogP contribution in [-0.4, -0.2) is 20.7 Å². The maximum Gasteiger partial charge on any atom is 0.132 e. The number of pyridine rings is 1. The van der Waals surface area contributed by atoms with Crippen molar-refractivity contribution in [3.8, 4) is 11.3 Å². The van der Waals surface area contributed by atoms with Crippen LogP contribution in [0.15, 0.2) is 42.7 Å². The lowest BCUT2D eigenvalue weighted by Crippen LogP contribution is -1.94. The number of rotatable bonds is 9. The van der Waals surface area contributed by atoms with Crippen LogP contribution in [0.25, 0.3) is 22.2 Å². The van der Waals surface area contributed by atoms with Gasteiger partial charge in [-0.3, -0.25) is 9.78 Å². The van der Waals surface area contributed by atoms with Crippen LogP contribution in [0.4, 0.5) is 0 Å². The molecule has 0 bridgehead atoms. The van der Waals surface area contributed by atoms with Gasteiger partial charge in [-0.05, 0) is 31.0 Å². The molecule has 4 nitrogen and oxygen atoms in total. The number of nitrogens with zero attached hydrogens (tertiary/aromatic N) is 2. The maximum absolute atomic E-state index is 11.3. The number of aromatic nitrogens is 3. The number of imidazole rings is 1. The molecule has 0 amide bonds. The Morgan fingerprint density at radius 1 is 0.966 bits per heavy atom. The van der Waals surface area contributed by atoms with Gasteiger partial charge < -0.3 is 4.98 Å². The van der Waals surface area contributed by atoms with Crippen molar-refractivity contribution in [2.45, 2.75) is 79.6 Å². The maximum atomic E-state index is 11.3. The molecule has 0 aliphatic heterocycles. The van der Waals surface area contributed by atoms with Gasteiger partial charge in [0, 0.05) is 36.4 Å². The predicted octanol–water partition coefficient (Wildman–Crippen LogP) is 7.15. The van der Waals surface area contributed by atoms with Crippen molar-refractivity contribution in [3.05, 3.63) is 48.5 Å². The summed E-state index contributed by atoms with van der Waals surface area (Å²) in [4.78, 5) is 23.6. The van der Waals surface area contributed by atoms with E-state index in [0.717, 1.165) is 66.5 Å². The van der Waals surface area contributed by atoms with E-state index in [0.29, 0.717) is 12.2 Å². The van der Waals surface area contributed by atoms with E-state index >= 15 is 0 Å². The first-order chi connectivity index (χ1) is 14.3. The predicted molar refractivity (Wildman–Crippen MR) is 124 cm³/mol. The number of aromatic amines is 1. The topological polar surface area (TPSA) is 58.6 Å². The zero-order valence-corrected chi connectivity index (χ0v) is 18.8. The molecule has 0 aliphatic carbocycles. The number of nitrogens with one attached hydrogen (secondary N) is 1. The molecule has 4 heteroatoms. The number of fused-ring (bicyclic) bond motifs is 1. The highest BCUT2D eigenvalue weighted by Gasteiger charge is 2.05. The Morgan fingerprint density at radius 2 is 1.72 bits per heavy atom. The summed E-state index contributed by atoms with van der Waals surface area (Å²) in [5, 5.41) is 1.14. The van der Waals surface area contributed by atoms with E-state index in [2.05, 4.69) is 33.2 Å².